The molecular weight excluding hydrogens is 512 g/mol. The minimum Gasteiger partial charge on any atom is -0.492 e. The zero-order valence-corrected chi connectivity index (χ0v) is 22.9. The number of benzene rings is 2. The first-order valence-corrected chi connectivity index (χ1v) is 14.5. The molecule has 0 N–H and O–H groups in total. The van der Waals surface area contributed by atoms with E-state index in [0.29, 0.717) is 44.2 Å². The van der Waals surface area contributed by atoms with Crippen molar-refractivity contribution >= 4 is 39.8 Å². The summed E-state index contributed by atoms with van der Waals surface area (Å²) in [5.74, 6) is 1.45. The maximum Gasteiger partial charge on any atom is 0.289 e. The summed E-state index contributed by atoms with van der Waals surface area (Å²) in [5.41, 5.74) is 2.33. The fourth-order valence-electron chi connectivity index (χ4n) is 5.45. The van der Waals surface area contributed by atoms with Gasteiger partial charge in [0, 0.05) is 56.0 Å². The number of hydrogen-bond acceptors (Lipinski definition) is 7. The van der Waals surface area contributed by atoms with Crippen molar-refractivity contribution in [3.63, 3.8) is 0 Å². The van der Waals surface area contributed by atoms with Gasteiger partial charge in [0.2, 0.25) is 0 Å². The molecule has 39 heavy (non-hydrogen) atoms. The summed E-state index contributed by atoms with van der Waals surface area (Å²) in [6, 6.07) is 17.6. The van der Waals surface area contributed by atoms with Crippen molar-refractivity contribution in [1.29, 1.82) is 0 Å². The average Bonchev–Trinajstić information content (AvgIpc) is 3.65. The predicted octanol–water partition coefficient (Wildman–Crippen LogP) is 5.27. The number of piperidine rings is 1. The summed E-state index contributed by atoms with van der Waals surface area (Å²) >= 11 is 1.55. The van der Waals surface area contributed by atoms with Gasteiger partial charge in [-0.25, -0.2) is 4.98 Å². The van der Waals surface area contributed by atoms with Crippen LogP contribution in [0.5, 0.6) is 5.75 Å². The third kappa shape index (κ3) is 5.23. The Labute approximate surface area is 231 Å². The molecule has 0 bridgehead atoms. The number of ether oxygens (including phenoxy) is 1. The van der Waals surface area contributed by atoms with Gasteiger partial charge in [-0.05, 0) is 44.0 Å². The van der Waals surface area contributed by atoms with E-state index in [1.54, 1.807) is 11.3 Å². The number of carbonyl (C=O) groups excluding carboxylic acids is 2. The van der Waals surface area contributed by atoms with Crippen LogP contribution in [0.1, 0.15) is 51.7 Å². The number of hydrogen-bond donors (Lipinski definition) is 0. The molecule has 2 aromatic carbocycles. The fourth-order valence-corrected chi connectivity index (χ4v) is 6.42. The number of rotatable bonds is 6. The van der Waals surface area contributed by atoms with Crippen LogP contribution in [0, 0.1) is 0 Å². The highest BCUT2D eigenvalue weighted by molar-refractivity contribution is 7.09. The van der Waals surface area contributed by atoms with Crippen molar-refractivity contribution in [3.05, 3.63) is 76.4 Å². The lowest BCUT2D eigenvalue weighted by atomic mass is 9.97. The van der Waals surface area contributed by atoms with Crippen molar-refractivity contribution in [2.24, 2.45) is 0 Å². The molecule has 202 valence electrons. The number of furan rings is 1. The van der Waals surface area contributed by atoms with Crippen LogP contribution in [0.2, 0.25) is 0 Å². The normalized spacial score (nSPS) is 16.6. The topological polar surface area (TPSA) is 79.1 Å². The van der Waals surface area contributed by atoms with Crippen LogP contribution in [0.3, 0.4) is 0 Å². The first-order valence-electron chi connectivity index (χ1n) is 13.6. The van der Waals surface area contributed by atoms with Crippen LogP contribution in [-0.2, 0) is 0 Å². The van der Waals surface area contributed by atoms with Gasteiger partial charge in [-0.3, -0.25) is 9.59 Å². The summed E-state index contributed by atoms with van der Waals surface area (Å²) in [4.78, 5) is 37.0. The SMILES string of the molecule is CCOc1ccccc1N1CCN(C(=O)c2csc(C3CCN(C(=O)c4cc5ccccc5o4)CC3)n2)CC1. The lowest BCUT2D eigenvalue weighted by Crippen LogP contribution is -2.49. The number of thiazole rings is 1. The Balaban J connectivity index is 1.03. The zero-order valence-electron chi connectivity index (χ0n) is 22.0. The Morgan fingerprint density at radius 3 is 2.44 bits per heavy atom. The van der Waals surface area contributed by atoms with E-state index in [4.69, 9.17) is 14.1 Å². The Hall–Kier alpha value is -3.85. The average molecular weight is 545 g/mol. The summed E-state index contributed by atoms with van der Waals surface area (Å²) in [5, 5.41) is 3.81. The van der Waals surface area contributed by atoms with Gasteiger partial charge in [-0.15, -0.1) is 11.3 Å². The zero-order chi connectivity index (χ0) is 26.8. The standard InChI is InChI=1S/C30H32N4O4S/c1-2-37-26-10-6-4-8-24(26)32-15-17-34(18-16-32)29(35)23-20-39-28(31-23)21-11-13-33(14-12-21)30(36)27-19-22-7-3-5-9-25(22)38-27/h3-10,19-21H,2,11-18H2,1H3. The van der Waals surface area contributed by atoms with Gasteiger partial charge in [-0.1, -0.05) is 30.3 Å². The van der Waals surface area contributed by atoms with Gasteiger partial charge < -0.3 is 23.9 Å². The molecule has 8 nitrogen and oxygen atoms in total. The van der Waals surface area contributed by atoms with Gasteiger partial charge in [0.25, 0.3) is 11.8 Å². The molecule has 2 aliphatic rings. The summed E-state index contributed by atoms with van der Waals surface area (Å²) in [7, 11) is 0. The van der Waals surface area contributed by atoms with Gasteiger partial charge in [0.1, 0.15) is 17.0 Å². The molecule has 0 saturated carbocycles. The molecule has 9 heteroatoms. The number of nitrogens with zero attached hydrogens (tertiary/aromatic N) is 4. The molecule has 2 aliphatic heterocycles. The van der Waals surface area contributed by atoms with Crippen LogP contribution in [-0.4, -0.2) is 72.5 Å². The monoisotopic (exact) mass is 544 g/mol. The number of piperazine rings is 1. The van der Waals surface area contributed by atoms with Crippen molar-refractivity contribution in [2.45, 2.75) is 25.7 Å². The maximum absolute atomic E-state index is 13.2. The number of likely N-dealkylation sites (tertiary alicyclic amines) is 1. The first-order chi connectivity index (χ1) is 19.1. The molecule has 0 atom stereocenters. The van der Waals surface area contributed by atoms with Crippen LogP contribution < -0.4 is 9.64 Å². The molecule has 0 spiro atoms. The molecule has 4 heterocycles. The second-order valence-electron chi connectivity index (χ2n) is 9.97. The second kappa shape index (κ2) is 11.1. The van der Waals surface area contributed by atoms with Crippen molar-refractivity contribution in [2.75, 3.05) is 50.8 Å². The smallest absolute Gasteiger partial charge is 0.289 e. The summed E-state index contributed by atoms with van der Waals surface area (Å²) < 4.78 is 11.6. The number of fused-ring (bicyclic) bond motifs is 1. The second-order valence-corrected chi connectivity index (χ2v) is 10.9. The van der Waals surface area contributed by atoms with Crippen molar-refractivity contribution in [1.82, 2.24) is 14.8 Å². The maximum atomic E-state index is 13.2. The highest BCUT2D eigenvalue weighted by Gasteiger charge is 2.30. The van der Waals surface area contributed by atoms with Crippen LogP contribution in [0.25, 0.3) is 11.0 Å². The fraction of sp³-hybridized carbons (Fsp3) is 0.367. The molecule has 6 rings (SSSR count). The molecule has 0 aliphatic carbocycles. The van der Waals surface area contributed by atoms with Gasteiger partial charge in [0.15, 0.2) is 5.76 Å². The van der Waals surface area contributed by atoms with E-state index < -0.39 is 0 Å². The highest BCUT2D eigenvalue weighted by atomic mass is 32.1. The van der Waals surface area contributed by atoms with Gasteiger partial charge in [-0.2, -0.15) is 0 Å². The van der Waals surface area contributed by atoms with E-state index in [9.17, 15) is 9.59 Å². The molecule has 0 unspecified atom stereocenters. The Morgan fingerprint density at radius 1 is 0.949 bits per heavy atom. The first kappa shape index (κ1) is 25.4. The molecule has 0 radical (unpaired) electrons. The van der Waals surface area contributed by atoms with E-state index in [-0.39, 0.29) is 17.7 Å². The van der Waals surface area contributed by atoms with Gasteiger partial charge >= 0.3 is 0 Å². The lowest BCUT2D eigenvalue weighted by Gasteiger charge is -2.36. The molecular formula is C30H32N4O4S. The number of carbonyl (C=O) groups is 2. The number of anilines is 1. The summed E-state index contributed by atoms with van der Waals surface area (Å²) in [6.07, 6.45) is 1.65. The molecule has 4 aromatic rings. The largest absolute Gasteiger partial charge is 0.492 e. The molecule has 2 aromatic heterocycles. The van der Waals surface area contributed by atoms with Crippen molar-refractivity contribution < 1.29 is 18.7 Å². The Morgan fingerprint density at radius 2 is 1.67 bits per heavy atom. The van der Waals surface area contributed by atoms with Crippen LogP contribution in [0.15, 0.2) is 64.4 Å². The van der Waals surface area contributed by atoms with E-state index >= 15 is 0 Å². The molecule has 2 fully saturated rings. The predicted molar refractivity (Wildman–Crippen MR) is 152 cm³/mol. The number of aromatic nitrogens is 1. The van der Waals surface area contributed by atoms with Crippen molar-refractivity contribution in [3.8, 4) is 5.75 Å². The van der Waals surface area contributed by atoms with E-state index in [2.05, 4.69) is 11.0 Å². The van der Waals surface area contributed by atoms with E-state index in [1.807, 2.05) is 70.6 Å². The quantitative estimate of drug-likeness (QED) is 0.329. The van der Waals surface area contributed by atoms with Gasteiger partial charge in [0.05, 0.1) is 17.3 Å². The molecule has 2 saturated heterocycles. The highest BCUT2D eigenvalue weighted by Crippen LogP contribution is 2.32. The third-order valence-electron chi connectivity index (χ3n) is 7.58. The number of para-hydroxylation sites is 3. The van der Waals surface area contributed by atoms with Crippen LogP contribution in [0.4, 0.5) is 5.69 Å². The van der Waals surface area contributed by atoms with Crippen LogP contribution >= 0.6 is 11.3 Å². The van der Waals surface area contributed by atoms with E-state index in [1.165, 1.54) is 0 Å². The minimum atomic E-state index is -0.0670. The number of amides is 2. The lowest BCUT2D eigenvalue weighted by molar-refractivity contribution is 0.0683. The Bertz CT molecular complexity index is 1430. The Kier molecular flexibility index (Phi) is 7.24. The minimum absolute atomic E-state index is 0.00672. The third-order valence-corrected chi connectivity index (χ3v) is 8.59. The van der Waals surface area contributed by atoms with E-state index in [0.717, 1.165) is 53.3 Å². The molecule has 2 amide bonds. The summed E-state index contributed by atoms with van der Waals surface area (Å²) in [6.45, 7) is 6.71.